The van der Waals surface area contributed by atoms with Gasteiger partial charge in [-0.25, -0.2) is 0 Å². The second kappa shape index (κ2) is 5.04. The Kier molecular flexibility index (Phi) is 3.54. The third kappa shape index (κ3) is 2.51. The van der Waals surface area contributed by atoms with Crippen LogP contribution in [0.3, 0.4) is 0 Å². The van der Waals surface area contributed by atoms with Crippen molar-refractivity contribution in [3.05, 3.63) is 33.9 Å². The highest BCUT2D eigenvalue weighted by molar-refractivity contribution is 6.03. The van der Waals surface area contributed by atoms with Gasteiger partial charge in [0.2, 0.25) is 5.91 Å². The largest absolute Gasteiger partial charge is 0.398 e. The highest BCUT2D eigenvalue weighted by Gasteiger charge is 2.41. The van der Waals surface area contributed by atoms with E-state index in [2.05, 4.69) is 5.32 Å². The zero-order valence-corrected chi connectivity index (χ0v) is 11.8. The van der Waals surface area contributed by atoms with Crippen LogP contribution in [0.2, 0.25) is 0 Å². The van der Waals surface area contributed by atoms with Crippen molar-refractivity contribution in [1.82, 2.24) is 10.2 Å². The fourth-order valence-corrected chi connectivity index (χ4v) is 2.24. The van der Waals surface area contributed by atoms with Crippen molar-refractivity contribution in [2.24, 2.45) is 0 Å². The number of nitro benzene ring substituents is 1. The molecule has 1 aliphatic heterocycles. The van der Waals surface area contributed by atoms with Crippen molar-refractivity contribution >= 4 is 23.2 Å². The summed E-state index contributed by atoms with van der Waals surface area (Å²) in [4.78, 5) is 36.1. The van der Waals surface area contributed by atoms with E-state index < -0.39 is 16.4 Å². The standard InChI is InChI=1S/C13H16N4O4/c1-13(2)12(19)15-5-6-16(13)11(18)9-7-8(17(20)21)3-4-10(9)14/h3-4,7H,5-6,14H2,1-2H3,(H,15,19). The Labute approximate surface area is 121 Å². The lowest BCUT2D eigenvalue weighted by molar-refractivity contribution is -0.384. The van der Waals surface area contributed by atoms with Gasteiger partial charge in [-0.15, -0.1) is 0 Å². The van der Waals surface area contributed by atoms with E-state index in [1.807, 2.05) is 0 Å². The number of hydrogen-bond acceptors (Lipinski definition) is 5. The predicted molar refractivity (Wildman–Crippen MR) is 75.6 cm³/mol. The molecule has 1 aromatic carbocycles. The van der Waals surface area contributed by atoms with Crippen molar-refractivity contribution in [2.75, 3.05) is 18.8 Å². The molecular weight excluding hydrogens is 276 g/mol. The molecule has 21 heavy (non-hydrogen) atoms. The lowest BCUT2D eigenvalue weighted by Crippen LogP contribution is -2.63. The van der Waals surface area contributed by atoms with Crippen LogP contribution in [0, 0.1) is 10.1 Å². The zero-order valence-electron chi connectivity index (χ0n) is 11.8. The average Bonchev–Trinajstić information content (AvgIpc) is 2.41. The first-order chi connectivity index (χ1) is 9.75. The van der Waals surface area contributed by atoms with Crippen LogP contribution in [0.1, 0.15) is 24.2 Å². The van der Waals surface area contributed by atoms with E-state index in [0.717, 1.165) is 6.07 Å². The SMILES string of the molecule is CC1(C)C(=O)NCCN1C(=O)c1cc([N+](=O)[O-])ccc1N. The maximum atomic E-state index is 12.6. The van der Waals surface area contributed by atoms with Gasteiger partial charge in [-0.05, 0) is 19.9 Å². The summed E-state index contributed by atoms with van der Waals surface area (Å²) in [6.45, 7) is 3.89. The number of carbonyl (C=O) groups is 2. The second-order valence-corrected chi connectivity index (χ2v) is 5.30. The fraction of sp³-hybridized carbons (Fsp3) is 0.385. The topological polar surface area (TPSA) is 119 Å². The molecule has 112 valence electrons. The maximum Gasteiger partial charge on any atom is 0.270 e. The van der Waals surface area contributed by atoms with E-state index in [-0.39, 0.29) is 22.8 Å². The van der Waals surface area contributed by atoms with Crippen molar-refractivity contribution in [2.45, 2.75) is 19.4 Å². The Balaban J connectivity index is 2.42. The first-order valence-electron chi connectivity index (χ1n) is 6.39. The summed E-state index contributed by atoms with van der Waals surface area (Å²) in [7, 11) is 0. The number of amides is 2. The number of nitrogens with one attached hydrogen (secondary N) is 1. The number of piperazine rings is 1. The van der Waals surface area contributed by atoms with Crippen LogP contribution in [-0.2, 0) is 4.79 Å². The molecule has 8 heteroatoms. The van der Waals surface area contributed by atoms with E-state index in [0.29, 0.717) is 13.1 Å². The number of nitrogen functional groups attached to an aromatic ring is 1. The highest BCUT2D eigenvalue weighted by atomic mass is 16.6. The fourth-order valence-electron chi connectivity index (χ4n) is 2.24. The minimum atomic E-state index is -1.04. The number of nitrogens with two attached hydrogens (primary N) is 1. The first-order valence-corrected chi connectivity index (χ1v) is 6.39. The monoisotopic (exact) mass is 292 g/mol. The Hall–Kier alpha value is -2.64. The van der Waals surface area contributed by atoms with Crippen LogP contribution < -0.4 is 11.1 Å². The van der Waals surface area contributed by atoms with Gasteiger partial charge in [0, 0.05) is 30.9 Å². The molecule has 0 bridgehead atoms. The number of rotatable bonds is 2. The Morgan fingerprint density at radius 3 is 2.76 bits per heavy atom. The molecule has 0 atom stereocenters. The molecule has 0 aliphatic carbocycles. The number of hydrogen-bond donors (Lipinski definition) is 2. The van der Waals surface area contributed by atoms with Crippen molar-refractivity contribution in [3.8, 4) is 0 Å². The molecule has 1 heterocycles. The van der Waals surface area contributed by atoms with Gasteiger partial charge < -0.3 is 16.0 Å². The normalized spacial score (nSPS) is 17.2. The summed E-state index contributed by atoms with van der Waals surface area (Å²) >= 11 is 0. The Morgan fingerprint density at radius 2 is 2.14 bits per heavy atom. The summed E-state index contributed by atoms with van der Waals surface area (Å²) in [5, 5.41) is 13.5. The third-order valence-corrected chi connectivity index (χ3v) is 3.57. The summed E-state index contributed by atoms with van der Waals surface area (Å²) in [5.41, 5.74) is 4.68. The molecule has 2 rings (SSSR count). The lowest BCUT2D eigenvalue weighted by atomic mass is 9.97. The highest BCUT2D eigenvalue weighted by Crippen LogP contribution is 2.25. The van der Waals surface area contributed by atoms with Crippen molar-refractivity contribution in [1.29, 1.82) is 0 Å². The Bertz CT molecular complexity index is 627. The molecule has 3 N–H and O–H groups in total. The number of nitro groups is 1. The van der Waals surface area contributed by atoms with Gasteiger partial charge >= 0.3 is 0 Å². The van der Waals surface area contributed by atoms with E-state index >= 15 is 0 Å². The molecule has 0 spiro atoms. The van der Waals surface area contributed by atoms with E-state index in [4.69, 9.17) is 5.73 Å². The van der Waals surface area contributed by atoms with Crippen LogP contribution in [0.15, 0.2) is 18.2 Å². The second-order valence-electron chi connectivity index (χ2n) is 5.30. The van der Waals surface area contributed by atoms with Gasteiger partial charge in [0.15, 0.2) is 0 Å². The van der Waals surface area contributed by atoms with Crippen LogP contribution in [-0.4, -0.2) is 40.3 Å². The van der Waals surface area contributed by atoms with Crippen LogP contribution in [0.25, 0.3) is 0 Å². The molecule has 0 aromatic heterocycles. The van der Waals surface area contributed by atoms with Crippen LogP contribution in [0.5, 0.6) is 0 Å². The summed E-state index contributed by atoms with van der Waals surface area (Å²) in [6, 6.07) is 3.70. The first kappa shape index (κ1) is 14.8. The molecule has 2 amide bonds. The van der Waals surface area contributed by atoms with Gasteiger partial charge in [0.05, 0.1) is 10.5 Å². The quantitative estimate of drug-likeness (QED) is 0.468. The van der Waals surface area contributed by atoms with E-state index in [1.165, 1.54) is 17.0 Å². The lowest BCUT2D eigenvalue weighted by Gasteiger charge is -2.41. The van der Waals surface area contributed by atoms with Gasteiger partial charge in [0.1, 0.15) is 5.54 Å². The molecule has 8 nitrogen and oxygen atoms in total. The smallest absolute Gasteiger partial charge is 0.270 e. The van der Waals surface area contributed by atoms with E-state index in [1.54, 1.807) is 13.8 Å². The van der Waals surface area contributed by atoms with Crippen LogP contribution >= 0.6 is 0 Å². The van der Waals surface area contributed by atoms with Gasteiger partial charge in [-0.3, -0.25) is 19.7 Å². The van der Waals surface area contributed by atoms with Crippen molar-refractivity contribution < 1.29 is 14.5 Å². The van der Waals surface area contributed by atoms with Crippen molar-refractivity contribution in [3.63, 3.8) is 0 Å². The van der Waals surface area contributed by atoms with E-state index in [9.17, 15) is 19.7 Å². The molecule has 0 radical (unpaired) electrons. The zero-order chi connectivity index (χ0) is 15.8. The number of anilines is 1. The maximum absolute atomic E-state index is 12.6. The molecular formula is C13H16N4O4. The molecule has 1 fully saturated rings. The number of nitrogens with zero attached hydrogens (tertiary/aromatic N) is 2. The van der Waals surface area contributed by atoms with Gasteiger partial charge in [0.25, 0.3) is 11.6 Å². The number of benzene rings is 1. The Morgan fingerprint density at radius 1 is 1.48 bits per heavy atom. The minimum Gasteiger partial charge on any atom is -0.398 e. The third-order valence-electron chi connectivity index (χ3n) is 3.57. The molecule has 0 unspecified atom stereocenters. The summed E-state index contributed by atoms with van der Waals surface area (Å²) < 4.78 is 0. The molecule has 1 aliphatic rings. The molecule has 0 saturated carbocycles. The summed E-state index contributed by atoms with van der Waals surface area (Å²) in [6.07, 6.45) is 0. The van der Waals surface area contributed by atoms with Crippen LogP contribution in [0.4, 0.5) is 11.4 Å². The predicted octanol–water partition coefficient (Wildman–Crippen LogP) is 0.528. The average molecular weight is 292 g/mol. The number of carbonyl (C=O) groups excluding carboxylic acids is 2. The number of non-ortho nitro benzene ring substituents is 1. The van der Waals surface area contributed by atoms with Gasteiger partial charge in [-0.2, -0.15) is 0 Å². The minimum absolute atomic E-state index is 0.0342. The molecule has 1 saturated heterocycles. The summed E-state index contributed by atoms with van der Waals surface area (Å²) in [5.74, 6) is -0.762. The van der Waals surface area contributed by atoms with Gasteiger partial charge in [-0.1, -0.05) is 0 Å². The molecule has 1 aromatic rings.